The Labute approximate surface area is 171 Å². The van der Waals surface area contributed by atoms with E-state index < -0.39 is 0 Å². The first kappa shape index (κ1) is 19.7. The SMILES string of the molecule is CN(CC1CCCN(CCc2ccccc2F)C1)C(=O)c1ccc2c(c1)OCO2. The van der Waals surface area contributed by atoms with Gasteiger partial charge >= 0.3 is 0 Å². The molecule has 0 radical (unpaired) electrons. The molecule has 2 aromatic carbocycles. The molecule has 1 atom stereocenters. The van der Waals surface area contributed by atoms with Gasteiger partial charge in [-0.05, 0) is 61.6 Å². The summed E-state index contributed by atoms with van der Waals surface area (Å²) >= 11 is 0. The number of hydrogen-bond donors (Lipinski definition) is 0. The van der Waals surface area contributed by atoms with Gasteiger partial charge in [0.05, 0.1) is 0 Å². The monoisotopic (exact) mass is 398 g/mol. The molecule has 6 heteroatoms. The van der Waals surface area contributed by atoms with Gasteiger partial charge in [-0.15, -0.1) is 0 Å². The van der Waals surface area contributed by atoms with Gasteiger partial charge in [0.1, 0.15) is 5.82 Å². The molecule has 154 valence electrons. The number of benzene rings is 2. The molecular formula is C23H27FN2O3. The normalized spacial score (nSPS) is 18.6. The lowest BCUT2D eigenvalue weighted by Gasteiger charge is -2.34. The third-order valence-electron chi connectivity index (χ3n) is 5.76. The molecule has 0 aliphatic carbocycles. The summed E-state index contributed by atoms with van der Waals surface area (Å²) in [7, 11) is 1.85. The molecule has 0 saturated carbocycles. The molecule has 2 aliphatic heterocycles. The van der Waals surface area contributed by atoms with Gasteiger partial charge in [0.25, 0.3) is 5.91 Å². The lowest BCUT2D eigenvalue weighted by Crippen LogP contribution is -2.42. The van der Waals surface area contributed by atoms with Gasteiger partial charge in [-0.25, -0.2) is 4.39 Å². The molecule has 1 saturated heterocycles. The highest BCUT2D eigenvalue weighted by atomic mass is 19.1. The molecule has 4 rings (SSSR count). The topological polar surface area (TPSA) is 42.0 Å². The first-order valence-electron chi connectivity index (χ1n) is 10.2. The van der Waals surface area contributed by atoms with Crippen LogP contribution in [0.25, 0.3) is 0 Å². The maximum Gasteiger partial charge on any atom is 0.253 e. The van der Waals surface area contributed by atoms with E-state index in [-0.39, 0.29) is 18.5 Å². The zero-order chi connectivity index (χ0) is 20.2. The van der Waals surface area contributed by atoms with Crippen LogP contribution >= 0.6 is 0 Å². The number of rotatable bonds is 6. The Bertz CT molecular complexity index is 873. The zero-order valence-corrected chi connectivity index (χ0v) is 16.8. The Kier molecular flexibility index (Phi) is 6.00. The molecule has 2 aromatic rings. The Morgan fingerprint density at radius 1 is 1.21 bits per heavy atom. The van der Waals surface area contributed by atoms with Crippen LogP contribution < -0.4 is 9.47 Å². The summed E-state index contributed by atoms with van der Waals surface area (Å²) in [6, 6.07) is 12.3. The minimum atomic E-state index is -0.130. The van der Waals surface area contributed by atoms with Crippen molar-refractivity contribution in [1.82, 2.24) is 9.80 Å². The van der Waals surface area contributed by atoms with Crippen molar-refractivity contribution in [3.8, 4) is 11.5 Å². The number of halogens is 1. The molecule has 0 aromatic heterocycles. The average Bonchev–Trinajstić information content (AvgIpc) is 3.21. The molecule has 1 unspecified atom stereocenters. The van der Waals surface area contributed by atoms with Crippen LogP contribution in [0, 0.1) is 11.7 Å². The molecule has 1 amide bonds. The van der Waals surface area contributed by atoms with E-state index >= 15 is 0 Å². The van der Waals surface area contributed by atoms with Crippen LogP contribution in [0.4, 0.5) is 4.39 Å². The van der Waals surface area contributed by atoms with Crippen LogP contribution in [0.2, 0.25) is 0 Å². The van der Waals surface area contributed by atoms with Crippen molar-refractivity contribution in [3.63, 3.8) is 0 Å². The first-order chi connectivity index (χ1) is 14.1. The Morgan fingerprint density at radius 2 is 2.03 bits per heavy atom. The second-order valence-electron chi connectivity index (χ2n) is 7.90. The van der Waals surface area contributed by atoms with Crippen LogP contribution in [-0.4, -0.2) is 55.7 Å². The number of carbonyl (C=O) groups is 1. The van der Waals surface area contributed by atoms with E-state index in [0.717, 1.165) is 38.0 Å². The van der Waals surface area contributed by atoms with Crippen LogP contribution in [0.5, 0.6) is 11.5 Å². The maximum atomic E-state index is 13.8. The van der Waals surface area contributed by atoms with Crippen molar-refractivity contribution >= 4 is 5.91 Å². The van der Waals surface area contributed by atoms with Gasteiger partial charge in [0.2, 0.25) is 6.79 Å². The zero-order valence-electron chi connectivity index (χ0n) is 16.8. The largest absolute Gasteiger partial charge is 0.454 e. The van der Waals surface area contributed by atoms with E-state index in [4.69, 9.17) is 9.47 Å². The predicted molar refractivity (Wildman–Crippen MR) is 109 cm³/mol. The third-order valence-corrected chi connectivity index (χ3v) is 5.76. The minimum Gasteiger partial charge on any atom is -0.454 e. The Balaban J connectivity index is 1.30. The first-order valence-corrected chi connectivity index (χ1v) is 10.2. The van der Waals surface area contributed by atoms with Crippen molar-refractivity contribution in [2.75, 3.05) is 40.0 Å². The van der Waals surface area contributed by atoms with E-state index in [1.165, 1.54) is 6.07 Å². The van der Waals surface area contributed by atoms with Crippen molar-refractivity contribution in [2.45, 2.75) is 19.3 Å². The number of ether oxygens (including phenoxy) is 2. The van der Waals surface area contributed by atoms with Gasteiger partial charge in [0.15, 0.2) is 11.5 Å². The Morgan fingerprint density at radius 3 is 2.90 bits per heavy atom. The number of nitrogens with zero attached hydrogens (tertiary/aromatic N) is 2. The predicted octanol–water partition coefficient (Wildman–Crippen LogP) is 3.58. The van der Waals surface area contributed by atoms with Gasteiger partial charge < -0.3 is 19.3 Å². The number of hydrogen-bond acceptors (Lipinski definition) is 4. The third kappa shape index (κ3) is 4.70. The second-order valence-corrected chi connectivity index (χ2v) is 7.90. The number of likely N-dealkylation sites (tertiary alicyclic amines) is 1. The van der Waals surface area contributed by atoms with Crippen molar-refractivity contribution in [2.24, 2.45) is 5.92 Å². The van der Waals surface area contributed by atoms with E-state index in [1.807, 2.05) is 19.2 Å². The highest BCUT2D eigenvalue weighted by Crippen LogP contribution is 2.32. The summed E-state index contributed by atoms with van der Waals surface area (Å²) in [6.45, 7) is 3.73. The summed E-state index contributed by atoms with van der Waals surface area (Å²) in [5, 5.41) is 0. The average molecular weight is 398 g/mol. The van der Waals surface area contributed by atoms with Crippen LogP contribution in [-0.2, 0) is 6.42 Å². The van der Waals surface area contributed by atoms with Gasteiger partial charge in [0, 0.05) is 32.2 Å². The molecule has 29 heavy (non-hydrogen) atoms. The van der Waals surface area contributed by atoms with Gasteiger partial charge in [-0.2, -0.15) is 0 Å². The fourth-order valence-electron chi connectivity index (χ4n) is 4.20. The van der Waals surface area contributed by atoms with Crippen molar-refractivity contribution < 1.29 is 18.7 Å². The molecule has 0 bridgehead atoms. The van der Waals surface area contributed by atoms with Crippen LogP contribution in [0.3, 0.4) is 0 Å². The summed E-state index contributed by atoms with van der Waals surface area (Å²) < 4.78 is 24.5. The number of amides is 1. The van der Waals surface area contributed by atoms with Crippen LogP contribution in [0.15, 0.2) is 42.5 Å². The molecular weight excluding hydrogens is 371 g/mol. The van der Waals surface area contributed by atoms with Gasteiger partial charge in [-0.3, -0.25) is 4.79 Å². The van der Waals surface area contributed by atoms with Crippen molar-refractivity contribution in [1.29, 1.82) is 0 Å². The lowest BCUT2D eigenvalue weighted by atomic mass is 9.96. The van der Waals surface area contributed by atoms with Gasteiger partial charge in [-0.1, -0.05) is 18.2 Å². The quantitative estimate of drug-likeness (QED) is 0.746. The minimum absolute atomic E-state index is 0.00761. The number of piperidine rings is 1. The fraction of sp³-hybridized carbons (Fsp3) is 0.435. The summed E-state index contributed by atoms with van der Waals surface area (Å²) in [5.41, 5.74) is 1.38. The Hall–Kier alpha value is -2.60. The second kappa shape index (κ2) is 8.82. The molecule has 1 fully saturated rings. The molecule has 2 heterocycles. The van der Waals surface area contributed by atoms with E-state index in [0.29, 0.717) is 35.9 Å². The molecule has 2 aliphatic rings. The molecule has 5 nitrogen and oxygen atoms in total. The number of carbonyl (C=O) groups excluding carboxylic acids is 1. The van der Waals surface area contributed by atoms with Crippen LogP contribution in [0.1, 0.15) is 28.8 Å². The van der Waals surface area contributed by atoms with Crippen molar-refractivity contribution in [3.05, 3.63) is 59.4 Å². The van der Waals surface area contributed by atoms with E-state index in [2.05, 4.69) is 4.90 Å². The lowest BCUT2D eigenvalue weighted by molar-refractivity contribution is 0.0730. The highest BCUT2D eigenvalue weighted by Gasteiger charge is 2.24. The fourth-order valence-corrected chi connectivity index (χ4v) is 4.20. The standard InChI is InChI=1S/C23H27FN2O3/c1-25(23(27)19-8-9-21-22(13-19)29-16-28-21)14-17-5-4-11-26(15-17)12-10-18-6-2-3-7-20(18)24/h2-3,6-9,13,17H,4-5,10-12,14-16H2,1H3. The summed E-state index contributed by atoms with van der Waals surface area (Å²) in [4.78, 5) is 17.0. The molecule has 0 N–H and O–H groups in total. The summed E-state index contributed by atoms with van der Waals surface area (Å²) in [6.07, 6.45) is 2.92. The summed E-state index contributed by atoms with van der Waals surface area (Å²) in [5.74, 6) is 1.59. The molecule has 0 spiro atoms. The van der Waals surface area contributed by atoms with E-state index in [9.17, 15) is 9.18 Å². The maximum absolute atomic E-state index is 13.8. The number of fused-ring (bicyclic) bond motifs is 1. The van der Waals surface area contributed by atoms with E-state index in [1.54, 1.807) is 29.2 Å². The highest BCUT2D eigenvalue weighted by molar-refractivity contribution is 5.94. The smallest absolute Gasteiger partial charge is 0.253 e.